The Hall–Kier alpha value is -2.94. The zero-order valence-electron chi connectivity index (χ0n) is 14.2. The molecule has 0 amide bonds. The molecular weight excluding hydrogens is 310 g/mol. The van der Waals surface area contributed by atoms with Crippen molar-refractivity contribution in [3.05, 3.63) is 83.9 Å². The van der Waals surface area contributed by atoms with Gasteiger partial charge >= 0.3 is 0 Å². The van der Waals surface area contributed by atoms with E-state index in [-0.39, 0.29) is 6.10 Å². The smallest absolute Gasteiger partial charge is 0.127 e. The van der Waals surface area contributed by atoms with Gasteiger partial charge in [-0.15, -0.1) is 0 Å². The molecule has 1 aliphatic rings. The summed E-state index contributed by atoms with van der Waals surface area (Å²) in [5.74, 6) is 2.71. The van der Waals surface area contributed by atoms with Crippen LogP contribution < -0.4 is 14.8 Å². The Kier molecular flexibility index (Phi) is 4.30. The minimum Gasteiger partial charge on any atom is -0.490 e. The number of rotatable bonds is 5. The van der Waals surface area contributed by atoms with Gasteiger partial charge in [0, 0.05) is 18.7 Å². The lowest BCUT2D eigenvalue weighted by Crippen LogP contribution is -2.05. The highest BCUT2D eigenvalue weighted by Gasteiger charge is 2.18. The molecule has 0 radical (unpaired) electrons. The first-order chi connectivity index (χ1) is 12.3. The van der Waals surface area contributed by atoms with Crippen molar-refractivity contribution in [3.8, 4) is 17.2 Å². The summed E-state index contributed by atoms with van der Waals surface area (Å²) >= 11 is 0. The van der Waals surface area contributed by atoms with E-state index in [1.165, 1.54) is 11.1 Å². The molecule has 1 heterocycles. The highest BCUT2D eigenvalue weighted by atomic mass is 16.5. The van der Waals surface area contributed by atoms with Gasteiger partial charge in [-0.2, -0.15) is 0 Å². The molecular formula is C22H21NO2. The quantitative estimate of drug-likeness (QED) is 0.677. The second-order valence-corrected chi connectivity index (χ2v) is 6.37. The fourth-order valence-corrected chi connectivity index (χ4v) is 3.05. The van der Waals surface area contributed by atoms with Crippen molar-refractivity contribution in [2.24, 2.45) is 0 Å². The van der Waals surface area contributed by atoms with E-state index in [0.717, 1.165) is 35.9 Å². The van der Waals surface area contributed by atoms with E-state index in [9.17, 15) is 0 Å². The Morgan fingerprint density at radius 2 is 1.72 bits per heavy atom. The van der Waals surface area contributed by atoms with Gasteiger partial charge in [-0.05, 0) is 60.5 Å². The number of fused-ring (bicyclic) bond motifs is 1. The van der Waals surface area contributed by atoms with E-state index in [1.54, 1.807) is 0 Å². The first-order valence-corrected chi connectivity index (χ1v) is 8.61. The van der Waals surface area contributed by atoms with E-state index in [4.69, 9.17) is 9.47 Å². The third-order valence-electron chi connectivity index (χ3n) is 4.29. The minimum atomic E-state index is 0.287. The van der Waals surface area contributed by atoms with Crippen molar-refractivity contribution in [3.63, 3.8) is 0 Å². The molecule has 1 atom stereocenters. The van der Waals surface area contributed by atoms with Crippen LogP contribution in [0.15, 0.2) is 72.8 Å². The maximum atomic E-state index is 5.81. The summed E-state index contributed by atoms with van der Waals surface area (Å²) in [6.45, 7) is 2.90. The predicted octanol–water partition coefficient (Wildman–Crippen LogP) is 5.41. The number of nitrogens with one attached hydrogen (secondary N) is 1. The first-order valence-electron chi connectivity index (χ1n) is 8.61. The molecule has 3 aromatic rings. The Balaban J connectivity index is 1.36. The summed E-state index contributed by atoms with van der Waals surface area (Å²) in [5, 5.41) is 3.46. The summed E-state index contributed by atoms with van der Waals surface area (Å²) in [4.78, 5) is 0. The fourth-order valence-electron chi connectivity index (χ4n) is 3.05. The van der Waals surface area contributed by atoms with Gasteiger partial charge in [0.1, 0.15) is 23.4 Å². The Morgan fingerprint density at radius 3 is 2.52 bits per heavy atom. The van der Waals surface area contributed by atoms with Crippen molar-refractivity contribution in [2.45, 2.75) is 26.0 Å². The van der Waals surface area contributed by atoms with Crippen LogP contribution in [0.25, 0.3) is 0 Å². The lowest BCUT2D eigenvalue weighted by atomic mass is 10.1. The van der Waals surface area contributed by atoms with Gasteiger partial charge in [0.15, 0.2) is 0 Å². The second kappa shape index (κ2) is 6.89. The Morgan fingerprint density at radius 1 is 0.960 bits per heavy atom. The third-order valence-corrected chi connectivity index (χ3v) is 4.29. The molecule has 1 N–H and O–H groups in total. The Bertz CT molecular complexity index is 844. The lowest BCUT2D eigenvalue weighted by Gasteiger charge is -2.10. The van der Waals surface area contributed by atoms with E-state index in [1.807, 2.05) is 54.6 Å². The van der Waals surface area contributed by atoms with Crippen molar-refractivity contribution < 1.29 is 9.47 Å². The summed E-state index contributed by atoms with van der Waals surface area (Å²) in [7, 11) is 0. The first kappa shape index (κ1) is 15.6. The van der Waals surface area contributed by atoms with Gasteiger partial charge < -0.3 is 14.8 Å². The monoisotopic (exact) mass is 331 g/mol. The van der Waals surface area contributed by atoms with Crippen LogP contribution in [-0.2, 0) is 13.0 Å². The molecule has 0 saturated carbocycles. The van der Waals surface area contributed by atoms with Crippen LogP contribution >= 0.6 is 0 Å². The van der Waals surface area contributed by atoms with Crippen LogP contribution in [0.4, 0.5) is 5.69 Å². The zero-order chi connectivity index (χ0) is 17.1. The lowest BCUT2D eigenvalue weighted by molar-refractivity contribution is 0.254. The molecule has 25 heavy (non-hydrogen) atoms. The van der Waals surface area contributed by atoms with Crippen LogP contribution in [0.3, 0.4) is 0 Å². The van der Waals surface area contributed by atoms with Crippen molar-refractivity contribution in [1.29, 1.82) is 0 Å². The van der Waals surface area contributed by atoms with E-state index in [2.05, 4.69) is 30.4 Å². The topological polar surface area (TPSA) is 30.5 Å². The number of hydrogen-bond donors (Lipinski definition) is 1. The highest BCUT2D eigenvalue weighted by Crippen LogP contribution is 2.29. The van der Waals surface area contributed by atoms with Crippen LogP contribution in [0.1, 0.15) is 18.1 Å². The average molecular weight is 331 g/mol. The molecule has 0 fully saturated rings. The molecule has 3 heteroatoms. The molecule has 126 valence electrons. The van der Waals surface area contributed by atoms with Crippen LogP contribution in [0, 0.1) is 0 Å². The molecule has 0 unspecified atom stereocenters. The molecule has 3 aromatic carbocycles. The van der Waals surface area contributed by atoms with Gasteiger partial charge in [-0.1, -0.05) is 30.3 Å². The standard InChI is InChI=1S/C22H21NO2/c1-16-13-18-14-17(7-12-22(18)24-16)15-23-19-8-10-21(11-9-19)25-20-5-3-2-4-6-20/h2-12,14,16,23H,13,15H2,1H3/t16-/m0/s1. The highest BCUT2D eigenvalue weighted by molar-refractivity contribution is 5.48. The van der Waals surface area contributed by atoms with Crippen LogP contribution in [0.2, 0.25) is 0 Å². The normalized spacial score (nSPS) is 15.3. The molecule has 0 aliphatic carbocycles. The van der Waals surface area contributed by atoms with Crippen molar-refractivity contribution in [2.75, 3.05) is 5.32 Å². The van der Waals surface area contributed by atoms with Gasteiger partial charge in [0.25, 0.3) is 0 Å². The third kappa shape index (κ3) is 3.77. The van der Waals surface area contributed by atoms with Crippen LogP contribution in [0.5, 0.6) is 17.2 Å². The van der Waals surface area contributed by atoms with Crippen molar-refractivity contribution >= 4 is 5.69 Å². The molecule has 0 spiro atoms. The van der Waals surface area contributed by atoms with Gasteiger partial charge in [-0.25, -0.2) is 0 Å². The second-order valence-electron chi connectivity index (χ2n) is 6.37. The fraction of sp³-hybridized carbons (Fsp3) is 0.182. The van der Waals surface area contributed by atoms with Gasteiger partial charge in [0.05, 0.1) is 0 Å². The molecule has 1 aliphatic heterocycles. The molecule has 0 saturated heterocycles. The number of benzene rings is 3. The van der Waals surface area contributed by atoms with Gasteiger partial charge in [-0.3, -0.25) is 0 Å². The predicted molar refractivity (Wildman–Crippen MR) is 101 cm³/mol. The number of para-hydroxylation sites is 1. The summed E-state index contributed by atoms with van der Waals surface area (Å²) in [6, 6.07) is 24.3. The number of anilines is 1. The summed E-state index contributed by atoms with van der Waals surface area (Å²) in [6.07, 6.45) is 1.28. The maximum Gasteiger partial charge on any atom is 0.127 e. The van der Waals surface area contributed by atoms with E-state index < -0.39 is 0 Å². The summed E-state index contributed by atoms with van der Waals surface area (Å²) < 4.78 is 11.6. The average Bonchev–Trinajstić information content (AvgIpc) is 3.01. The van der Waals surface area contributed by atoms with E-state index in [0.29, 0.717) is 0 Å². The molecule has 0 bridgehead atoms. The molecule has 4 rings (SSSR count). The van der Waals surface area contributed by atoms with E-state index >= 15 is 0 Å². The number of ether oxygens (including phenoxy) is 2. The van der Waals surface area contributed by atoms with Crippen LogP contribution in [-0.4, -0.2) is 6.10 Å². The maximum absolute atomic E-state index is 5.81. The molecule has 3 nitrogen and oxygen atoms in total. The number of hydrogen-bond acceptors (Lipinski definition) is 3. The van der Waals surface area contributed by atoms with Gasteiger partial charge in [0.2, 0.25) is 0 Å². The largest absolute Gasteiger partial charge is 0.490 e. The minimum absolute atomic E-state index is 0.287. The zero-order valence-corrected chi connectivity index (χ0v) is 14.2. The SMILES string of the molecule is C[C@H]1Cc2cc(CNc3ccc(Oc4ccccc4)cc3)ccc2O1. The summed E-state index contributed by atoms with van der Waals surface area (Å²) in [5.41, 5.74) is 3.64. The van der Waals surface area contributed by atoms with Crippen molar-refractivity contribution in [1.82, 2.24) is 0 Å². The molecule has 0 aromatic heterocycles. The Labute approximate surface area is 148 Å².